The highest BCUT2D eigenvalue weighted by molar-refractivity contribution is 5.73. The predicted molar refractivity (Wildman–Crippen MR) is 88.3 cm³/mol. The molecule has 2 aliphatic rings. The first-order valence-corrected chi connectivity index (χ1v) is 8.16. The van der Waals surface area contributed by atoms with Crippen molar-refractivity contribution in [1.29, 1.82) is 0 Å². The maximum Gasteiger partial charge on any atom is 0.0624 e. The van der Waals surface area contributed by atoms with Gasteiger partial charge in [0.25, 0.3) is 0 Å². The van der Waals surface area contributed by atoms with Crippen LogP contribution < -0.4 is 15.1 Å². The summed E-state index contributed by atoms with van der Waals surface area (Å²) in [5, 5.41) is 3.64. The van der Waals surface area contributed by atoms with Gasteiger partial charge >= 0.3 is 0 Å². The van der Waals surface area contributed by atoms with E-state index in [9.17, 15) is 0 Å². The molecule has 2 unspecified atom stereocenters. The number of ether oxygens (including phenoxy) is 1. The van der Waals surface area contributed by atoms with Crippen LogP contribution in [0.2, 0.25) is 0 Å². The minimum absolute atomic E-state index is 0.511. The third-order valence-corrected chi connectivity index (χ3v) is 4.65. The summed E-state index contributed by atoms with van der Waals surface area (Å²) in [7, 11) is 2.18. The maximum absolute atomic E-state index is 5.72. The average molecular weight is 289 g/mol. The maximum atomic E-state index is 5.72. The molecule has 0 aromatic heterocycles. The number of hydrogen-bond donors (Lipinski definition) is 1. The molecule has 21 heavy (non-hydrogen) atoms. The monoisotopic (exact) mass is 289 g/mol. The molecule has 1 fully saturated rings. The molecule has 0 aliphatic carbocycles. The van der Waals surface area contributed by atoms with Crippen molar-refractivity contribution in [3.8, 4) is 0 Å². The summed E-state index contributed by atoms with van der Waals surface area (Å²) in [6, 6.07) is 9.25. The van der Waals surface area contributed by atoms with E-state index in [-0.39, 0.29) is 0 Å². The number of fused-ring (bicyclic) bond motifs is 1. The molecule has 0 bridgehead atoms. The number of anilines is 2. The third-order valence-electron chi connectivity index (χ3n) is 4.65. The first-order valence-electron chi connectivity index (χ1n) is 8.16. The Kier molecular flexibility index (Phi) is 4.66. The van der Waals surface area contributed by atoms with Gasteiger partial charge < -0.3 is 19.9 Å². The summed E-state index contributed by atoms with van der Waals surface area (Å²) in [4.78, 5) is 4.89. The Hall–Kier alpha value is -1.26. The molecule has 1 N–H and O–H groups in total. The van der Waals surface area contributed by atoms with E-state index in [2.05, 4.69) is 53.4 Å². The number of benzene rings is 1. The molecule has 2 aliphatic heterocycles. The van der Waals surface area contributed by atoms with Gasteiger partial charge in [-0.05, 0) is 25.1 Å². The van der Waals surface area contributed by atoms with Gasteiger partial charge in [-0.15, -0.1) is 0 Å². The number of likely N-dealkylation sites (N-methyl/N-ethyl adjacent to an activating group) is 1. The van der Waals surface area contributed by atoms with Gasteiger partial charge in [0, 0.05) is 38.6 Å². The second-order valence-electron chi connectivity index (χ2n) is 6.21. The zero-order valence-corrected chi connectivity index (χ0v) is 13.2. The van der Waals surface area contributed by atoms with Crippen LogP contribution in [0.15, 0.2) is 24.3 Å². The van der Waals surface area contributed by atoms with Crippen LogP contribution in [0.4, 0.5) is 11.4 Å². The van der Waals surface area contributed by atoms with Crippen LogP contribution in [0.1, 0.15) is 13.3 Å². The molecule has 4 nitrogen and oxygen atoms in total. The molecular formula is C17H27N3O. The Morgan fingerprint density at radius 2 is 2.00 bits per heavy atom. The van der Waals surface area contributed by atoms with Gasteiger partial charge in [0.05, 0.1) is 24.6 Å². The topological polar surface area (TPSA) is 27.7 Å². The third kappa shape index (κ3) is 3.16. The van der Waals surface area contributed by atoms with Crippen LogP contribution in [-0.2, 0) is 4.74 Å². The van der Waals surface area contributed by atoms with Crippen molar-refractivity contribution in [2.45, 2.75) is 19.4 Å². The quantitative estimate of drug-likeness (QED) is 0.897. The fourth-order valence-corrected chi connectivity index (χ4v) is 3.37. The van der Waals surface area contributed by atoms with Gasteiger partial charge in [-0.25, -0.2) is 0 Å². The second kappa shape index (κ2) is 6.67. The minimum Gasteiger partial charge on any atom is -0.379 e. The molecule has 0 saturated carbocycles. The number of nitrogens with zero attached hydrogens (tertiary/aromatic N) is 2. The molecule has 2 atom stereocenters. The molecule has 2 heterocycles. The smallest absolute Gasteiger partial charge is 0.0624 e. The lowest BCUT2D eigenvalue weighted by molar-refractivity contribution is 0.183. The highest BCUT2D eigenvalue weighted by Gasteiger charge is 2.31. The zero-order valence-electron chi connectivity index (χ0n) is 13.2. The van der Waals surface area contributed by atoms with E-state index in [1.54, 1.807) is 0 Å². The summed E-state index contributed by atoms with van der Waals surface area (Å²) < 4.78 is 5.72. The molecule has 1 aromatic carbocycles. The van der Waals surface area contributed by atoms with Crippen molar-refractivity contribution in [2.75, 3.05) is 56.2 Å². The Morgan fingerprint density at radius 1 is 1.19 bits per heavy atom. The van der Waals surface area contributed by atoms with Crippen molar-refractivity contribution >= 4 is 11.4 Å². The molecular weight excluding hydrogens is 262 g/mol. The van der Waals surface area contributed by atoms with Gasteiger partial charge in [-0.3, -0.25) is 0 Å². The van der Waals surface area contributed by atoms with E-state index in [0.717, 1.165) is 39.4 Å². The van der Waals surface area contributed by atoms with Gasteiger partial charge in [0.1, 0.15) is 0 Å². The Balaban J connectivity index is 1.69. The minimum atomic E-state index is 0.511. The SMILES string of the molecule is CCCNC1COCC1CN1CCN(C)c2ccccc21. The van der Waals surface area contributed by atoms with Crippen molar-refractivity contribution in [2.24, 2.45) is 5.92 Å². The normalized spacial score (nSPS) is 25.2. The van der Waals surface area contributed by atoms with E-state index in [1.807, 2.05) is 0 Å². The lowest BCUT2D eigenvalue weighted by atomic mass is 10.0. The molecule has 0 amide bonds. The Bertz CT molecular complexity index is 465. The lowest BCUT2D eigenvalue weighted by Gasteiger charge is -2.38. The van der Waals surface area contributed by atoms with E-state index in [0.29, 0.717) is 12.0 Å². The fraction of sp³-hybridized carbons (Fsp3) is 0.647. The van der Waals surface area contributed by atoms with E-state index in [1.165, 1.54) is 17.8 Å². The number of nitrogens with one attached hydrogen (secondary N) is 1. The van der Waals surface area contributed by atoms with E-state index < -0.39 is 0 Å². The fourth-order valence-electron chi connectivity index (χ4n) is 3.37. The molecule has 4 heteroatoms. The molecule has 1 saturated heterocycles. The highest BCUT2D eigenvalue weighted by atomic mass is 16.5. The zero-order chi connectivity index (χ0) is 14.7. The van der Waals surface area contributed by atoms with Crippen LogP contribution >= 0.6 is 0 Å². The van der Waals surface area contributed by atoms with E-state index in [4.69, 9.17) is 4.74 Å². The Morgan fingerprint density at radius 3 is 2.81 bits per heavy atom. The summed E-state index contributed by atoms with van der Waals surface area (Å²) in [6.45, 7) is 8.34. The van der Waals surface area contributed by atoms with Crippen LogP contribution in [0.5, 0.6) is 0 Å². The van der Waals surface area contributed by atoms with Crippen LogP contribution in [0.25, 0.3) is 0 Å². The molecule has 0 spiro atoms. The number of para-hydroxylation sites is 2. The predicted octanol–water partition coefficient (Wildman–Crippen LogP) is 1.96. The highest BCUT2D eigenvalue weighted by Crippen LogP contribution is 2.32. The average Bonchev–Trinajstić information content (AvgIpc) is 2.95. The lowest BCUT2D eigenvalue weighted by Crippen LogP contribution is -2.46. The van der Waals surface area contributed by atoms with Gasteiger partial charge in [0.15, 0.2) is 0 Å². The standard InChI is InChI=1S/C17H27N3O/c1-3-8-18-15-13-21-12-14(15)11-20-10-9-19(2)16-6-4-5-7-17(16)20/h4-7,14-15,18H,3,8-13H2,1-2H3. The van der Waals surface area contributed by atoms with Crippen LogP contribution in [0, 0.1) is 5.92 Å². The summed E-state index contributed by atoms with van der Waals surface area (Å²) >= 11 is 0. The molecule has 116 valence electrons. The van der Waals surface area contributed by atoms with Gasteiger partial charge in [-0.2, -0.15) is 0 Å². The van der Waals surface area contributed by atoms with Gasteiger partial charge in [0.2, 0.25) is 0 Å². The van der Waals surface area contributed by atoms with Crippen molar-refractivity contribution < 1.29 is 4.74 Å². The molecule has 1 aromatic rings. The Labute approximate surface area is 128 Å². The second-order valence-corrected chi connectivity index (χ2v) is 6.21. The summed E-state index contributed by atoms with van der Waals surface area (Å²) in [5.74, 6) is 0.591. The first-order chi connectivity index (χ1) is 10.3. The van der Waals surface area contributed by atoms with Crippen molar-refractivity contribution in [3.05, 3.63) is 24.3 Å². The summed E-state index contributed by atoms with van der Waals surface area (Å²) in [6.07, 6.45) is 1.18. The van der Waals surface area contributed by atoms with E-state index >= 15 is 0 Å². The largest absolute Gasteiger partial charge is 0.379 e. The van der Waals surface area contributed by atoms with Crippen molar-refractivity contribution in [3.63, 3.8) is 0 Å². The number of rotatable bonds is 5. The first kappa shape index (κ1) is 14.7. The summed E-state index contributed by atoms with van der Waals surface area (Å²) in [5.41, 5.74) is 2.72. The molecule has 3 rings (SSSR count). The number of hydrogen-bond acceptors (Lipinski definition) is 4. The van der Waals surface area contributed by atoms with Crippen LogP contribution in [-0.4, -0.2) is 52.5 Å². The van der Waals surface area contributed by atoms with Crippen LogP contribution in [0.3, 0.4) is 0 Å². The molecule has 0 radical (unpaired) electrons. The van der Waals surface area contributed by atoms with Gasteiger partial charge in [-0.1, -0.05) is 19.1 Å². The van der Waals surface area contributed by atoms with Crippen molar-refractivity contribution in [1.82, 2.24) is 5.32 Å².